The van der Waals surface area contributed by atoms with Crippen LogP contribution >= 0.6 is 11.8 Å². The fraction of sp³-hybridized carbons (Fsp3) is 0.455. The van der Waals surface area contributed by atoms with E-state index < -0.39 is 23.5 Å². The maximum absolute atomic E-state index is 12.7. The first-order valence-corrected chi connectivity index (χ1v) is 6.19. The minimum absolute atomic E-state index is 0.0283. The van der Waals surface area contributed by atoms with E-state index in [1.165, 1.54) is 13.2 Å². The van der Waals surface area contributed by atoms with Crippen molar-refractivity contribution in [3.63, 3.8) is 0 Å². The summed E-state index contributed by atoms with van der Waals surface area (Å²) in [6, 6.07) is 1.17. The molecule has 0 nitrogen and oxygen atoms in total. The fourth-order valence-corrected chi connectivity index (χ4v) is 2.22. The Hall–Kier alpha value is -0.850. The van der Waals surface area contributed by atoms with E-state index in [0.717, 1.165) is 17.8 Å². The number of aryl methyl sites for hydroxylation is 1. The molecule has 0 aliphatic heterocycles. The molecule has 0 heterocycles. The Balaban J connectivity index is 3.55. The molecular weight excluding hydrogens is 278 g/mol. The lowest BCUT2D eigenvalue weighted by Gasteiger charge is -2.18. The maximum atomic E-state index is 12.7. The van der Waals surface area contributed by atoms with Gasteiger partial charge in [-0.3, -0.25) is 0 Å². The van der Waals surface area contributed by atoms with Crippen LogP contribution in [0.3, 0.4) is 0 Å². The van der Waals surface area contributed by atoms with E-state index in [4.69, 9.17) is 0 Å². The summed E-state index contributed by atoms with van der Waals surface area (Å²) in [6.07, 6.45) is -8.13. The minimum Gasteiger partial charge on any atom is -0.166 e. The van der Waals surface area contributed by atoms with Crippen LogP contribution in [-0.2, 0) is 18.8 Å². The molecule has 0 amide bonds. The average molecular weight is 288 g/mol. The first kappa shape index (κ1) is 15.2. The SMILES string of the molecule is CCc1cc(SC)c(C(F)(F)F)cc1C(F)(F)F. The first-order valence-electron chi connectivity index (χ1n) is 4.96. The second-order valence-corrected chi connectivity index (χ2v) is 4.41. The summed E-state index contributed by atoms with van der Waals surface area (Å²) in [6.45, 7) is 1.47. The van der Waals surface area contributed by atoms with E-state index in [1.807, 2.05) is 0 Å². The predicted octanol–water partition coefficient (Wildman–Crippen LogP) is 5.01. The topological polar surface area (TPSA) is 0 Å². The van der Waals surface area contributed by atoms with Crippen LogP contribution in [0.15, 0.2) is 17.0 Å². The van der Waals surface area contributed by atoms with Crippen LogP contribution < -0.4 is 0 Å². The second kappa shape index (κ2) is 5.03. The average Bonchev–Trinajstić information content (AvgIpc) is 2.24. The zero-order valence-electron chi connectivity index (χ0n) is 9.54. The summed E-state index contributed by atoms with van der Waals surface area (Å²) in [5, 5.41) is 0. The number of thioether (sulfide) groups is 1. The molecule has 0 unspecified atom stereocenters. The molecule has 0 saturated carbocycles. The quantitative estimate of drug-likeness (QED) is 0.544. The van der Waals surface area contributed by atoms with Gasteiger partial charge in [-0.25, -0.2) is 0 Å². The summed E-state index contributed by atoms with van der Waals surface area (Å²) < 4.78 is 76.0. The molecule has 0 atom stereocenters. The molecule has 0 saturated heterocycles. The molecule has 0 N–H and O–H groups in total. The van der Waals surface area contributed by atoms with Crippen molar-refractivity contribution in [1.82, 2.24) is 0 Å². The zero-order chi connectivity index (χ0) is 14.1. The molecule has 18 heavy (non-hydrogen) atoms. The van der Waals surface area contributed by atoms with Crippen molar-refractivity contribution in [3.05, 3.63) is 28.8 Å². The highest BCUT2D eigenvalue weighted by molar-refractivity contribution is 7.98. The third-order valence-corrected chi connectivity index (χ3v) is 3.19. The van der Waals surface area contributed by atoms with Crippen LogP contribution in [-0.4, -0.2) is 6.26 Å². The molecule has 1 aromatic rings. The Labute approximate surface area is 104 Å². The van der Waals surface area contributed by atoms with E-state index in [9.17, 15) is 26.3 Å². The van der Waals surface area contributed by atoms with Crippen molar-refractivity contribution in [1.29, 1.82) is 0 Å². The van der Waals surface area contributed by atoms with Crippen LogP contribution in [0.5, 0.6) is 0 Å². The third-order valence-electron chi connectivity index (χ3n) is 2.42. The summed E-state index contributed by atoms with van der Waals surface area (Å²) in [7, 11) is 0. The first-order chi connectivity index (χ1) is 8.11. The van der Waals surface area contributed by atoms with E-state index in [2.05, 4.69) is 0 Å². The predicted molar refractivity (Wildman–Crippen MR) is 57.6 cm³/mol. The number of halogens is 6. The van der Waals surface area contributed by atoms with Gasteiger partial charge in [-0.05, 0) is 30.4 Å². The largest absolute Gasteiger partial charge is 0.417 e. The highest BCUT2D eigenvalue weighted by atomic mass is 32.2. The van der Waals surface area contributed by atoms with E-state index >= 15 is 0 Å². The van der Waals surface area contributed by atoms with Crippen molar-refractivity contribution in [2.75, 3.05) is 6.26 Å². The van der Waals surface area contributed by atoms with Gasteiger partial charge in [-0.1, -0.05) is 6.92 Å². The zero-order valence-corrected chi connectivity index (χ0v) is 10.4. The molecule has 0 fully saturated rings. The molecular formula is C11H10F6S. The lowest BCUT2D eigenvalue weighted by molar-refractivity contribution is -0.144. The summed E-state index contributed by atoms with van der Waals surface area (Å²) in [5.41, 5.74) is -2.57. The van der Waals surface area contributed by atoms with Gasteiger partial charge in [0, 0.05) is 4.90 Å². The molecule has 0 spiro atoms. The molecule has 0 aliphatic rings. The highest BCUT2D eigenvalue weighted by Gasteiger charge is 2.39. The lowest BCUT2D eigenvalue weighted by atomic mass is 10.0. The Bertz CT molecular complexity index is 395. The fourth-order valence-electron chi connectivity index (χ4n) is 1.57. The van der Waals surface area contributed by atoms with Crippen molar-refractivity contribution in [2.45, 2.75) is 30.6 Å². The van der Waals surface area contributed by atoms with Gasteiger partial charge >= 0.3 is 12.4 Å². The van der Waals surface area contributed by atoms with Gasteiger partial charge in [0.15, 0.2) is 0 Å². The molecule has 0 bridgehead atoms. The minimum atomic E-state index is -4.79. The Morgan fingerprint density at radius 2 is 1.44 bits per heavy atom. The number of hydrogen-bond donors (Lipinski definition) is 0. The van der Waals surface area contributed by atoms with Gasteiger partial charge in [-0.15, -0.1) is 11.8 Å². The van der Waals surface area contributed by atoms with Gasteiger partial charge < -0.3 is 0 Å². The maximum Gasteiger partial charge on any atom is 0.417 e. The van der Waals surface area contributed by atoms with E-state index in [0.29, 0.717) is 0 Å². The molecule has 1 aromatic carbocycles. The molecule has 0 aliphatic carbocycles. The van der Waals surface area contributed by atoms with Crippen molar-refractivity contribution in [2.24, 2.45) is 0 Å². The third kappa shape index (κ3) is 3.13. The summed E-state index contributed by atoms with van der Waals surface area (Å²) in [5.74, 6) is 0. The van der Waals surface area contributed by atoms with Crippen LogP contribution in [0.4, 0.5) is 26.3 Å². The van der Waals surface area contributed by atoms with Crippen LogP contribution in [0.25, 0.3) is 0 Å². The van der Waals surface area contributed by atoms with E-state index in [1.54, 1.807) is 0 Å². The van der Waals surface area contributed by atoms with Crippen molar-refractivity contribution < 1.29 is 26.3 Å². The van der Waals surface area contributed by atoms with Crippen molar-refractivity contribution >= 4 is 11.8 Å². The molecule has 1 rings (SSSR count). The normalized spacial score (nSPS) is 12.9. The second-order valence-electron chi connectivity index (χ2n) is 3.56. The van der Waals surface area contributed by atoms with Gasteiger partial charge in [0.25, 0.3) is 0 Å². The van der Waals surface area contributed by atoms with Gasteiger partial charge in [0.2, 0.25) is 0 Å². The summed E-state index contributed by atoms with van der Waals surface area (Å²) in [4.78, 5) is -0.188. The Morgan fingerprint density at radius 1 is 0.944 bits per heavy atom. The lowest BCUT2D eigenvalue weighted by Crippen LogP contribution is -2.14. The summed E-state index contributed by atoms with van der Waals surface area (Å²) >= 11 is 0.784. The monoisotopic (exact) mass is 288 g/mol. The standard InChI is InChI=1S/C11H10F6S/c1-3-6-4-9(18-2)8(11(15,16)17)5-7(6)10(12,13)14/h4-5H,3H2,1-2H3. The van der Waals surface area contributed by atoms with Crippen molar-refractivity contribution in [3.8, 4) is 0 Å². The number of rotatable bonds is 2. The Morgan fingerprint density at radius 3 is 1.78 bits per heavy atom. The van der Waals surface area contributed by atoms with Gasteiger partial charge in [0.05, 0.1) is 11.1 Å². The number of hydrogen-bond acceptors (Lipinski definition) is 1. The van der Waals surface area contributed by atoms with Crippen LogP contribution in [0, 0.1) is 0 Å². The number of benzene rings is 1. The smallest absolute Gasteiger partial charge is 0.166 e. The van der Waals surface area contributed by atoms with E-state index in [-0.39, 0.29) is 22.9 Å². The van der Waals surface area contributed by atoms with Gasteiger partial charge in [-0.2, -0.15) is 26.3 Å². The molecule has 102 valence electrons. The highest BCUT2D eigenvalue weighted by Crippen LogP contribution is 2.41. The Kier molecular flexibility index (Phi) is 4.25. The van der Waals surface area contributed by atoms with Crippen LogP contribution in [0.2, 0.25) is 0 Å². The molecule has 0 aromatic heterocycles. The number of alkyl halides is 6. The molecule has 7 heteroatoms. The van der Waals surface area contributed by atoms with Gasteiger partial charge in [0.1, 0.15) is 0 Å². The molecule has 0 radical (unpaired) electrons. The van der Waals surface area contributed by atoms with Crippen LogP contribution in [0.1, 0.15) is 23.6 Å².